The van der Waals surface area contributed by atoms with Gasteiger partial charge in [0.05, 0.1) is 15.3 Å². The van der Waals surface area contributed by atoms with Crippen molar-refractivity contribution in [2.24, 2.45) is 17.3 Å². The first-order valence-electron chi connectivity index (χ1n) is 19.3. The number of rotatable bonds is 11. The van der Waals surface area contributed by atoms with E-state index in [2.05, 4.69) is 91.8 Å². The smallest absolute Gasteiger partial charge is 0.162 e. The third kappa shape index (κ3) is 9.44. The fourth-order valence-electron chi connectivity index (χ4n) is 7.20. The van der Waals surface area contributed by atoms with Gasteiger partial charge in [0, 0.05) is 58.2 Å². The van der Waals surface area contributed by atoms with Gasteiger partial charge in [-0.1, -0.05) is 92.0 Å². The summed E-state index contributed by atoms with van der Waals surface area (Å²) in [5.41, 5.74) is 10.0. The van der Waals surface area contributed by atoms with Crippen molar-refractivity contribution in [1.82, 2.24) is 9.97 Å². The van der Waals surface area contributed by atoms with Gasteiger partial charge in [-0.3, -0.25) is 9.78 Å². The van der Waals surface area contributed by atoms with E-state index < -0.39 is 0 Å². The van der Waals surface area contributed by atoms with E-state index in [-0.39, 0.29) is 48.9 Å². The van der Waals surface area contributed by atoms with E-state index in [1.54, 1.807) is 6.33 Å². The van der Waals surface area contributed by atoms with Crippen molar-refractivity contribution in [3.63, 3.8) is 0 Å². The maximum Gasteiger partial charge on any atom is 0.162 e. The molecule has 0 aliphatic rings. The zero-order valence-corrected chi connectivity index (χ0v) is 39.0. The van der Waals surface area contributed by atoms with E-state index in [0.29, 0.717) is 5.92 Å². The maximum absolute atomic E-state index is 11.7. The van der Waals surface area contributed by atoms with Crippen LogP contribution in [0.3, 0.4) is 0 Å². The number of aromatic nitrogens is 2. The number of hydrogen-bond donors (Lipinski definition) is 1. The quantitative estimate of drug-likeness (QED) is 0.0798. The standard InChI is InChI=1S/C33H33N2S3.C13H24O2.Ir/c1-17(2)24-13-23(14-25-27(24)26-18(3)20(5)36-32(26)37-25)29-31-28(34-16-35-29)19(4)30(38-31)22-11-9-21(10-12-22)15-33(6,7)8;1-5-10(6-2)12(14)9-13(15)11(7-3)8-4;/h9-13,16-17H,15H2,1-8H3;9-11,14H,5-8H2,1-4H3;/q-1;;/b;12-9-;. The Morgan fingerprint density at radius 1 is 0.870 bits per heavy atom. The molecule has 0 atom stereocenters. The number of carbonyl (C=O) groups excluding carboxylic acids is 1. The largest absolute Gasteiger partial charge is 0.512 e. The van der Waals surface area contributed by atoms with Crippen LogP contribution in [0, 0.1) is 44.1 Å². The van der Waals surface area contributed by atoms with Crippen LogP contribution in [-0.2, 0) is 31.3 Å². The first-order valence-corrected chi connectivity index (χ1v) is 21.7. The van der Waals surface area contributed by atoms with Gasteiger partial charge in [-0.15, -0.1) is 57.3 Å². The van der Waals surface area contributed by atoms with Gasteiger partial charge in [0.2, 0.25) is 0 Å². The molecule has 0 saturated heterocycles. The third-order valence-corrected chi connectivity index (χ3v) is 14.2. The molecule has 6 aromatic rings. The third-order valence-electron chi connectivity index (χ3n) is 10.5. The van der Waals surface area contributed by atoms with Gasteiger partial charge < -0.3 is 5.11 Å². The summed E-state index contributed by atoms with van der Waals surface area (Å²) in [6.45, 7) is 26.2. The maximum atomic E-state index is 11.7. The van der Waals surface area contributed by atoms with Crippen LogP contribution in [0.1, 0.15) is 121 Å². The van der Waals surface area contributed by atoms with Crippen molar-refractivity contribution < 1.29 is 30.0 Å². The molecule has 8 heteroatoms. The minimum atomic E-state index is 0. The van der Waals surface area contributed by atoms with E-state index in [9.17, 15) is 9.90 Å². The molecule has 0 unspecified atom stereocenters. The first-order chi connectivity index (χ1) is 25.1. The Morgan fingerprint density at radius 3 is 2.07 bits per heavy atom. The van der Waals surface area contributed by atoms with Gasteiger partial charge in [0.15, 0.2) is 5.78 Å². The SMILES string of the molecule is CCC(CC)C(=O)/C=C(\O)C(CC)CC.Cc1sc2sc3[c-]c(-c4ncnc5c(C)c(-c6ccc(CC(C)(C)C)cc6)sc45)cc(C(C)C)c3c2c1C.[Ir]. The molecule has 2 aromatic carbocycles. The first kappa shape index (κ1) is 44.0. The molecule has 0 spiro atoms. The van der Waals surface area contributed by atoms with Crippen molar-refractivity contribution in [3.8, 4) is 21.7 Å². The number of allylic oxidation sites excluding steroid dienone is 2. The van der Waals surface area contributed by atoms with E-state index in [1.807, 2.05) is 61.7 Å². The minimum absolute atomic E-state index is 0. The Kier molecular flexibility index (Phi) is 15.0. The molecule has 1 radical (unpaired) electrons. The number of benzene rings is 2. The second-order valence-corrected chi connectivity index (χ2v) is 19.5. The number of hydrogen-bond acceptors (Lipinski definition) is 7. The molecule has 4 heterocycles. The summed E-state index contributed by atoms with van der Waals surface area (Å²) in [6.07, 6.45) is 7.70. The Balaban J connectivity index is 0.000000347. The van der Waals surface area contributed by atoms with Crippen LogP contribution in [0.4, 0.5) is 0 Å². The minimum Gasteiger partial charge on any atom is -0.512 e. The Bertz CT molecular complexity index is 2240. The van der Waals surface area contributed by atoms with Crippen molar-refractivity contribution in [2.75, 3.05) is 0 Å². The molecule has 1 N–H and O–H groups in total. The van der Waals surface area contributed by atoms with Crippen LogP contribution in [0.15, 0.2) is 48.5 Å². The Labute approximate surface area is 348 Å². The molecule has 4 aromatic heterocycles. The zero-order valence-electron chi connectivity index (χ0n) is 34.1. The summed E-state index contributed by atoms with van der Waals surface area (Å²) in [4.78, 5) is 24.0. The summed E-state index contributed by atoms with van der Waals surface area (Å²) >= 11 is 5.60. The van der Waals surface area contributed by atoms with Crippen LogP contribution < -0.4 is 0 Å². The second kappa shape index (κ2) is 18.5. The molecule has 0 aliphatic heterocycles. The molecule has 54 heavy (non-hydrogen) atoms. The molecular weight excluding hydrogens is 901 g/mol. The summed E-state index contributed by atoms with van der Waals surface area (Å²) in [5.74, 6) is 0.957. The Morgan fingerprint density at radius 2 is 1.50 bits per heavy atom. The van der Waals surface area contributed by atoms with E-state index in [1.165, 1.54) is 63.1 Å². The van der Waals surface area contributed by atoms with E-state index in [4.69, 9.17) is 9.97 Å². The zero-order chi connectivity index (χ0) is 38.8. The molecule has 4 nitrogen and oxygen atoms in total. The molecule has 0 aliphatic carbocycles. The van der Waals surface area contributed by atoms with Crippen molar-refractivity contribution in [2.45, 2.75) is 121 Å². The number of ketones is 1. The summed E-state index contributed by atoms with van der Waals surface area (Å²) in [5, 5.41) is 12.6. The Hall–Kier alpha value is -2.74. The van der Waals surface area contributed by atoms with Crippen LogP contribution >= 0.6 is 34.0 Å². The topological polar surface area (TPSA) is 63.1 Å². The number of carbonyl (C=O) groups is 1. The van der Waals surface area contributed by atoms with Crippen molar-refractivity contribution in [1.29, 1.82) is 0 Å². The van der Waals surface area contributed by atoms with Gasteiger partial charge in [-0.05, 0) is 96.5 Å². The fourth-order valence-corrected chi connectivity index (χ4v) is 11.2. The molecule has 0 saturated carbocycles. The fraction of sp³-hybridized carbons (Fsp3) is 0.457. The molecule has 0 amide bonds. The van der Waals surface area contributed by atoms with Crippen LogP contribution in [0.25, 0.3) is 51.4 Å². The average molecular weight is 958 g/mol. The normalized spacial score (nSPS) is 12.3. The van der Waals surface area contributed by atoms with Gasteiger partial charge in [0.25, 0.3) is 0 Å². The number of thiophene rings is 3. The summed E-state index contributed by atoms with van der Waals surface area (Å²) in [6, 6.07) is 15.2. The van der Waals surface area contributed by atoms with Crippen molar-refractivity contribution in [3.05, 3.63) is 81.7 Å². The number of nitrogens with zero attached hydrogens (tertiary/aromatic N) is 2. The molecule has 0 fully saturated rings. The average Bonchev–Trinajstić information content (AvgIpc) is 3.74. The van der Waals surface area contributed by atoms with Gasteiger partial charge in [-0.25, -0.2) is 4.98 Å². The predicted molar refractivity (Wildman–Crippen MR) is 233 cm³/mol. The van der Waals surface area contributed by atoms with Crippen LogP contribution in [0.5, 0.6) is 0 Å². The monoisotopic (exact) mass is 958 g/mol. The van der Waals surface area contributed by atoms with Gasteiger partial charge in [0.1, 0.15) is 6.33 Å². The van der Waals surface area contributed by atoms with Gasteiger partial charge >= 0.3 is 0 Å². The molecule has 0 bridgehead atoms. The van der Waals surface area contributed by atoms with E-state index >= 15 is 0 Å². The molecular formula is C46H57IrN2O2S3-. The van der Waals surface area contributed by atoms with E-state index in [0.717, 1.165) is 53.6 Å². The number of aliphatic hydroxyl groups excluding tert-OH is 1. The number of fused-ring (bicyclic) bond motifs is 4. The number of aryl methyl sites for hydroxylation is 3. The molecule has 291 valence electrons. The van der Waals surface area contributed by atoms with Crippen molar-refractivity contribution >= 4 is 69.5 Å². The molecule has 6 rings (SSSR count). The van der Waals surface area contributed by atoms with Crippen LogP contribution in [-0.4, -0.2) is 20.9 Å². The summed E-state index contributed by atoms with van der Waals surface area (Å²) < 4.78 is 3.79. The summed E-state index contributed by atoms with van der Waals surface area (Å²) in [7, 11) is 0. The van der Waals surface area contributed by atoms with Crippen LogP contribution in [0.2, 0.25) is 0 Å². The number of aliphatic hydroxyl groups is 1. The second-order valence-electron chi connectivity index (χ2n) is 15.9. The predicted octanol–water partition coefficient (Wildman–Crippen LogP) is 14.8. The van der Waals surface area contributed by atoms with Gasteiger partial charge in [-0.2, -0.15) is 0 Å².